The molecule has 1 aromatic heterocycles. The van der Waals surface area contributed by atoms with Crippen molar-refractivity contribution in [1.29, 1.82) is 0 Å². The maximum atomic E-state index is 12.2. The van der Waals surface area contributed by atoms with Crippen LogP contribution < -0.4 is 5.32 Å². The zero-order chi connectivity index (χ0) is 15.6. The summed E-state index contributed by atoms with van der Waals surface area (Å²) in [6, 6.07) is 0.0372. The molecule has 3 rings (SSSR count). The van der Waals surface area contributed by atoms with Gasteiger partial charge >= 0.3 is 0 Å². The molecule has 2 amide bonds. The molecule has 2 aliphatic rings. The van der Waals surface area contributed by atoms with Crippen molar-refractivity contribution in [2.75, 3.05) is 19.7 Å². The Hall–Kier alpha value is -2.02. The Bertz CT molecular complexity index is 565. The van der Waals surface area contributed by atoms with Crippen molar-refractivity contribution in [1.82, 2.24) is 20.2 Å². The summed E-state index contributed by atoms with van der Waals surface area (Å²) in [4.78, 5) is 33.4. The van der Waals surface area contributed by atoms with E-state index in [2.05, 4.69) is 15.3 Å². The second-order valence-electron chi connectivity index (χ2n) is 5.98. The number of carbonyl (C=O) groups excluding carboxylic acids is 2. The molecule has 2 fully saturated rings. The van der Waals surface area contributed by atoms with Crippen molar-refractivity contribution in [3.8, 4) is 0 Å². The molecule has 1 N–H and O–H groups in total. The third-order valence-electron chi connectivity index (χ3n) is 4.39. The maximum Gasteiger partial charge on any atom is 0.271 e. The maximum absolute atomic E-state index is 12.2. The molecule has 118 valence electrons. The molecule has 2 atom stereocenters. The van der Waals surface area contributed by atoms with Gasteiger partial charge in [-0.05, 0) is 19.3 Å². The van der Waals surface area contributed by atoms with Crippen LogP contribution >= 0.6 is 0 Å². The summed E-state index contributed by atoms with van der Waals surface area (Å²) < 4.78 is 5.95. The van der Waals surface area contributed by atoms with Crippen LogP contribution in [0.1, 0.15) is 36.7 Å². The van der Waals surface area contributed by atoms with Crippen molar-refractivity contribution in [3.63, 3.8) is 0 Å². The predicted molar refractivity (Wildman–Crippen MR) is 78.1 cm³/mol. The van der Waals surface area contributed by atoms with E-state index in [0.717, 1.165) is 25.8 Å². The normalized spacial score (nSPS) is 27.9. The van der Waals surface area contributed by atoms with E-state index in [1.54, 1.807) is 6.92 Å². The van der Waals surface area contributed by atoms with E-state index in [4.69, 9.17) is 4.74 Å². The fraction of sp³-hybridized carbons (Fsp3) is 0.600. The first-order valence-corrected chi connectivity index (χ1v) is 7.54. The quantitative estimate of drug-likeness (QED) is 0.853. The van der Waals surface area contributed by atoms with E-state index in [0.29, 0.717) is 18.8 Å². The lowest BCUT2D eigenvalue weighted by atomic mass is 9.89. The highest BCUT2D eigenvalue weighted by Crippen LogP contribution is 2.34. The van der Waals surface area contributed by atoms with Crippen LogP contribution in [0.25, 0.3) is 0 Å². The minimum Gasteiger partial charge on any atom is -0.373 e. The number of likely N-dealkylation sites (tertiary alicyclic amines) is 1. The smallest absolute Gasteiger partial charge is 0.271 e. The molecule has 2 saturated heterocycles. The number of aromatic nitrogens is 2. The summed E-state index contributed by atoms with van der Waals surface area (Å²) in [5.41, 5.74) is 0.00404. The number of rotatable bonds is 2. The van der Waals surface area contributed by atoms with Crippen molar-refractivity contribution in [2.45, 2.75) is 37.8 Å². The van der Waals surface area contributed by atoms with Gasteiger partial charge in [-0.2, -0.15) is 0 Å². The summed E-state index contributed by atoms with van der Waals surface area (Å²) in [6.45, 7) is 3.51. The van der Waals surface area contributed by atoms with Gasteiger partial charge in [0.1, 0.15) is 5.69 Å². The minimum atomic E-state index is -0.315. The van der Waals surface area contributed by atoms with Gasteiger partial charge in [0, 0.05) is 45.1 Å². The Morgan fingerprint density at radius 2 is 2.32 bits per heavy atom. The Morgan fingerprint density at radius 3 is 3.00 bits per heavy atom. The van der Waals surface area contributed by atoms with Crippen molar-refractivity contribution < 1.29 is 14.3 Å². The molecular weight excluding hydrogens is 284 g/mol. The van der Waals surface area contributed by atoms with Gasteiger partial charge in [0.25, 0.3) is 5.91 Å². The number of hydrogen-bond donors (Lipinski definition) is 1. The number of amides is 2. The molecule has 22 heavy (non-hydrogen) atoms. The Labute approximate surface area is 129 Å². The van der Waals surface area contributed by atoms with E-state index < -0.39 is 0 Å². The van der Waals surface area contributed by atoms with E-state index in [1.807, 2.05) is 4.90 Å². The Balaban J connectivity index is 1.62. The van der Waals surface area contributed by atoms with Gasteiger partial charge < -0.3 is 15.0 Å². The summed E-state index contributed by atoms with van der Waals surface area (Å²) in [7, 11) is 0. The molecule has 7 nitrogen and oxygen atoms in total. The summed E-state index contributed by atoms with van der Waals surface area (Å²) >= 11 is 0. The van der Waals surface area contributed by atoms with Crippen LogP contribution in [0.4, 0.5) is 0 Å². The number of nitrogens with zero attached hydrogens (tertiary/aromatic N) is 3. The SMILES string of the molecule is CC(=O)N1CC[C@]2(C[C@H](NC(=O)c3cnccn3)CCO2)C1. The van der Waals surface area contributed by atoms with E-state index in [1.165, 1.54) is 18.6 Å². The second-order valence-corrected chi connectivity index (χ2v) is 5.98. The van der Waals surface area contributed by atoms with Crippen LogP contribution in [0.15, 0.2) is 18.6 Å². The first-order chi connectivity index (χ1) is 10.6. The van der Waals surface area contributed by atoms with Gasteiger partial charge in [-0.3, -0.25) is 14.6 Å². The van der Waals surface area contributed by atoms with Crippen LogP contribution in [0, 0.1) is 0 Å². The van der Waals surface area contributed by atoms with Crippen molar-refractivity contribution >= 4 is 11.8 Å². The standard InChI is InChI=1S/C15H20N4O3/c1-11(20)19-6-3-15(10-19)8-12(2-7-22-15)18-14(21)13-9-16-4-5-17-13/h4-5,9,12H,2-3,6-8,10H2,1H3,(H,18,21)/t12-,15+/m1/s1. The van der Waals surface area contributed by atoms with Crippen LogP contribution in [0.5, 0.6) is 0 Å². The van der Waals surface area contributed by atoms with Gasteiger partial charge in [-0.1, -0.05) is 0 Å². The second kappa shape index (κ2) is 6.00. The van der Waals surface area contributed by atoms with Crippen LogP contribution in [-0.2, 0) is 9.53 Å². The minimum absolute atomic E-state index is 0.0372. The van der Waals surface area contributed by atoms with Gasteiger partial charge in [-0.25, -0.2) is 4.98 Å². The molecule has 1 spiro atoms. The van der Waals surface area contributed by atoms with E-state index >= 15 is 0 Å². The Kier molecular flexibility index (Phi) is 4.06. The molecule has 0 aliphatic carbocycles. The van der Waals surface area contributed by atoms with Crippen LogP contribution in [-0.4, -0.2) is 58.0 Å². The topological polar surface area (TPSA) is 84.4 Å². The van der Waals surface area contributed by atoms with Gasteiger partial charge in [0.2, 0.25) is 5.91 Å². The highest BCUT2D eigenvalue weighted by Gasteiger charge is 2.44. The largest absolute Gasteiger partial charge is 0.373 e. The van der Waals surface area contributed by atoms with Crippen LogP contribution in [0.2, 0.25) is 0 Å². The van der Waals surface area contributed by atoms with Gasteiger partial charge in [0.15, 0.2) is 0 Å². The average Bonchev–Trinajstić information content (AvgIpc) is 2.92. The van der Waals surface area contributed by atoms with E-state index in [9.17, 15) is 9.59 Å². The monoisotopic (exact) mass is 304 g/mol. The first-order valence-electron chi connectivity index (χ1n) is 7.54. The molecular formula is C15H20N4O3. The fourth-order valence-electron chi connectivity index (χ4n) is 3.22. The third kappa shape index (κ3) is 3.09. The molecule has 0 saturated carbocycles. The highest BCUT2D eigenvalue weighted by atomic mass is 16.5. The number of ether oxygens (including phenoxy) is 1. The highest BCUT2D eigenvalue weighted by molar-refractivity contribution is 5.92. The molecule has 0 unspecified atom stereocenters. The lowest BCUT2D eigenvalue weighted by Gasteiger charge is -2.38. The number of nitrogens with one attached hydrogen (secondary N) is 1. The zero-order valence-electron chi connectivity index (χ0n) is 12.6. The van der Waals surface area contributed by atoms with E-state index in [-0.39, 0.29) is 23.5 Å². The number of hydrogen-bond acceptors (Lipinski definition) is 5. The van der Waals surface area contributed by atoms with Crippen LogP contribution in [0.3, 0.4) is 0 Å². The first kappa shape index (κ1) is 14.9. The molecule has 3 heterocycles. The number of carbonyl (C=O) groups is 2. The van der Waals surface area contributed by atoms with Gasteiger partial charge in [-0.15, -0.1) is 0 Å². The molecule has 1 aromatic rings. The molecule has 0 aromatic carbocycles. The lowest BCUT2D eigenvalue weighted by molar-refractivity contribution is -0.130. The molecule has 7 heteroatoms. The molecule has 0 radical (unpaired) electrons. The summed E-state index contributed by atoms with van der Waals surface area (Å²) in [5.74, 6) is -0.136. The van der Waals surface area contributed by atoms with Crippen molar-refractivity contribution in [3.05, 3.63) is 24.3 Å². The average molecular weight is 304 g/mol. The predicted octanol–water partition coefficient (Wildman–Crippen LogP) is 0.376. The summed E-state index contributed by atoms with van der Waals surface area (Å²) in [5, 5.41) is 3.01. The fourth-order valence-corrected chi connectivity index (χ4v) is 3.22. The lowest BCUT2D eigenvalue weighted by Crippen LogP contribution is -2.50. The molecule has 0 bridgehead atoms. The van der Waals surface area contributed by atoms with Gasteiger partial charge in [0.05, 0.1) is 11.8 Å². The molecule has 2 aliphatic heterocycles. The third-order valence-corrected chi connectivity index (χ3v) is 4.39. The Morgan fingerprint density at radius 1 is 1.45 bits per heavy atom. The summed E-state index contributed by atoms with van der Waals surface area (Å²) in [6.07, 6.45) is 6.81. The zero-order valence-corrected chi connectivity index (χ0v) is 12.6. The van der Waals surface area contributed by atoms with Crippen molar-refractivity contribution in [2.24, 2.45) is 0 Å².